The van der Waals surface area contributed by atoms with Crippen molar-refractivity contribution in [1.82, 2.24) is 21.3 Å². The van der Waals surface area contributed by atoms with E-state index in [4.69, 9.17) is 14.2 Å². The van der Waals surface area contributed by atoms with Crippen LogP contribution >= 0.6 is 11.8 Å². The van der Waals surface area contributed by atoms with Gasteiger partial charge in [0.1, 0.15) is 23.1 Å². The van der Waals surface area contributed by atoms with Crippen molar-refractivity contribution in [3.8, 4) is 0 Å². The highest BCUT2D eigenvalue weighted by Crippen LogP contribution is 2.65. The minimum absolute atomic E-state index is 0.0632. The van der Waals surface area contributed by atoms with E-state index in [1.54, 1.807) is 27.7 Å². The third-order valence-corrected chi connectivity index (χ3v) is 14.3. The molecule has 8 atom stereocenters. The average molecular weight is 875 g/mol. The monoisotopic (exact) mass is 875 g/mol. The number of hydrogen-bond donors (Lipinski definition) is 5. The second-order valence-corrected chi connectivity index (χ2v) is 21.3. The summed E-state index contributed by atoms with van der Waals surface area (Å²) in [6.07, 6.45) is 2.65. The van der Waals surface area contributed by atoms with Crippen LogP contribution in [0.25, 0.3) is 0 Å². The number of thioether (sulfide) groups is 1. The van der Waals surface area contributed by atoms with Crippen molar-refractivity contribution in [3.63, 3.8) is 0 Å². The lowest BCUT2D eigenvalue weighted by Gasteiger charge is -2.64. The average Bonchev–Trinajstić information content (AvgIpc) is 3.15. The van der Waals surface area contributed by atoms with Gasteiger partial charge in [0.05, 0.1) is 18.3 Å². The number of aliphatic hydroxyl groups is 1. The van der Waals surface area contributed by atoms with Crippen LogP contribution in [0.5, 0.6) is 0 Å². The summed E-state index contributed by atoms with van der Waals surface area (Å²) < 4.78 is 17.2. The zero-order valence-corrected chi connectivity index (χ0v) is 40.0. The molecule has 2 bridgehead atoms. The topological polar surface area (TPSA) is 181 Å². The molecule has 1 aromatic rings. The number of nitrogens with one attached hydrogen (secondary N) is 4. The minimum Gasteiger partial charge on any atom is -0.461 e. The quantitative estimate of drug-likeness (QED) is 0.0400. The van der Waals surface area contributed by atoms with Gasteiger partial charge in [-0.25, -0.2) is 9.59 Å². The van der Waals surface area contributed by atoms with Crippen LogP contribution in [0.15, 0.2) is 29.2 Å². The number of fused-ring (bicyclic) bond motifs is 2. The van der Waals surface area contributed by atoms with Crippen LogP contribution in [0, 0.1) is 34.0 Å². The van der Waals surface area contributed by atoms with Gasteiger partial charge in [0, 0.05) is 48.3 Å². The second kappa shape index (κ2) is 22.3. The molecular formula is C47H78N4O9S. The van der Waals surface area contributed by atoms with Gasteiger partial charge in [-0.3, -0.25) is 9.59 Å². The molecule has 346 valence electrons. The smallest absolute Gasteiger partial charge is 0.407 e. The third kappa shape index (κ3) is 15.4. The van der Waals surface area contributed by atoms with Crippen molar-refractivity contribution >= 4 is 41.6 Å². The van der Waals surface area contributed by atoms with Crippen molar-refractivity contribution in [2.75, 3.05) is 38.5 Å². The lowest BCUT2D eigenvalue weighted by molar-refractivity contribution is -0.216. The summed E-state index contributed by atoms with van der Waals surface area (Å²) in [5.41, 5.74) is -1.73. The van der Waals surface area contributed by atoms with E-state index in [-0.39, 0.29) is 53.0 Å². The van der Waals surface area contributed by atoms with Gasteiger partial charge in [0.2, 0.25) is 5.91 Å². The van der Waals surface area contributed by atoms with Crippen LogP contribution in [0.1, 0.15) is 134 Å². The van der Waals surface area contributed by atoms with Crippen LogP contribution in [0.4, 0.5) is 9.59 Å². The molecule has 1 aromatic carbocycles. The fourth-order valence-corrected chi connectivity index (χ4v) is 10.2. The van der Waals surface area contributed by atoms with Gasteiger partial charge in [0.25, 0.3) is 0 Å². The molecule has 0 saturated heterocycles. The number of Topliss-reactive ketones (excluding diaryl/α,β-unsaturated/α-hetero) is 1. The van der Waals surface area contributed by atoms with Crippen LogP contribution < -0.4 is 21.3 Å². The van der Waals surface area contributed by atoms with Crippen LogP contribution in [-0.4, -0.2) is 96.8 Å². The number of aliphatic hydroxyl groups excluding tert-OH is 1. The molecule has 0 spiro atoms. The number of amides is 3. The van der Waals surface area contributed by atoms with Gasteiger partial charge >= 0.3 is 18.2 Å². The molecule has 0 aromatic heterocycles. The Morgan fingerprint density at radius 3 is 1.95 bits per heavy atom. The zero-order chi connectivity index (χ0) is 45.8. The Hall–Kier alpha value is -3.36. The van der Waals surface area contributed by atoms with E-state index in [0.717, 1.165) is 23.3 Å². The Balaban J connectivity index is 1.68. The van der Waals surface area contributed by atoms with Crippen molar-refractivity contribution in [2.45, 2.75) is 163 Å². The molecule has 5 N–H and O–H groups in total. The van der Waals surface area contributed by atoms with E-state index < -0.39 is 46.4 Å². The number of hydrogen-bond acceptors (Lipinski definition) is 11. The van der Waals surface area contributed by atoms with Gasteiger partial charge in [-0.2, -0.15) is 0 Å². The molecule has 0 unspecified atom stereocenters. The molecule has 3 rings (SSSR count). The molecule has 2 fully saturated rings. The first kappa shape index (κ1) is 52.0. The summed E-state index contributed by atoms with van der Waals surface area (Å²) in [5.74, 6) is -0.0322. The van der Waals surface area contributed by atoms with E-state index in [9.17, 15) is 29.1 Å². The molecule has 2 aliphatic carbocycles. The molecular weight excluding hydrogens is 797 g/mol. The Labute approximate surface area is 370 Å². The van der Waals surface area contributed by atoms with Gasteiger partial charge in [-0.05, 0) is 134 Å². The lowest BCUT2D eigenvalue weighted by Crippen LogP contribution is -2.64. The zero-order valence-electron chi connectivity index (χ0n) is 39.2. The van der Waals surface area contributed by atoms with Crippen LogP contribution in [0.3, 0.4) is 0 Å². The van der Waals surface area contributed by atoms with Gasteiger partial charge in [-0.15, -0.1) is 11.8 Å². The van der Waals surface area contributed by atoms with Crippen LogP contribution in [0.2, 0.25) is 0 Å². The van der Waals surface area contributed by atoms with E-state index in [1.807, 2.05) is 45.0 Å². The van der Waals surface area contributed by atoms with Crippen molar-refractivity contribution in [3.05, 3.63) is 29.8 Å². The first-order valence-electron chi connectivity index (χ1n) is 22.3. The van der Waals surface area contributed by atoms with Gasteiger partial charge < -0.3 is 45.4 Å². The number of alkyl carbamates (subject to hydrolysis) is 2. The molecule has 2 aliphatic rings. The number of ether oxygens (including phenoxy) is 3. The molecule has 61 heavy (non-hydrogen) atoms. The molecule has 0 aliphatic heterocycles. The fourth-order valence-electron chi connectivity index (χ4n) is 9.48. The highest BCUT2D eigenvalue weighted by atomic mass is 32.2. The van der Waals surface area contributed by atoms with Crippen molar-refractivity contribution in [1.29, 1.82) is 0 Å². The maximum atomic E-state index is 13.9. The number of benzene rings is 1. The van der Waals surface area contributed by atoms with Crippen molar-refractivity contribution in [2.24, 2.45) is 34.0 Å². The summed E-state index contributed by atoms with van der Waals surface area (Å²) >= 11 is 1.38. The van der Waals surface area contributed by atoms with Crippen molar-refractivity contribution < 1.29 is 43.3 Å². The first-order valence-corrected chi connectivity index (χ1v) is 23.3. The summed E-state index contributed by atoms with van der Waals surface area (Å²) in [6.45, 7) is 25.8. The van der Waals surface area contributed by atoms with E-state index >= 15 is 0 Å². The van der Waals surface area contributed by atoms with E-state index in [0.29, 0.717) is 64.8 Å². The maximum Gasteiger partial charge on any atom is 0.407 e. The standard InChI is InChI=1S/C47H78N4O9S/c1-31-19-21-47(22-20-32(2)52)33(3)40(55)45(11,30-48-23-13-25-50-41(56)59-43(5,6)7)28-37(46(31,12)34(47)4)58-39(54)29-61-36-17-15-35(16-18-36)27-38(53)49-24-14-26-51-42(57)60-44(8,9)10/h15-18,31,33-34,37,40,48,55H,13-14,19-30H2,1-12H3,(H,49,53)(H,50,56)(H,51,57)/t31-,33+,34+,37-,40+,45-,46-,47+/m1/s1. The number of carbonyl (C=O) groups excluding carboxylic acids is 5. The number of ketones is 1. The normalized spacial score (nSPS) is 27.8. The number of rotatable bonds is 19. The maximum absolute atomic E-state index is 13.9. The first-order chi connectivity index (χ1) is 28.3. The Bertz CT molecular complexity index is 1630. The summed E-state index contributed by atoms with van der Waals surface area (Å²) in [7, 11) is 0. The minimum atomic E-state index is -0.732. The molecule has 2 saturated carbocycles. The Morgan fingerprint density at radius 2 is 1.39 bits per heavy atom. The van der Waals surface area contributed by atoms with E-state index in [1.165, 1.54) is 11.8 Å². The Morgan fingerprint density at radius 1 is 0.836 bits per heavy atom. The molecule has 3 amide bonds. The summed E-state index contributed by atoms with van der Waals surface area (Å²) in [5, 5.41) is 24.3. The molecule has 0 radical (unpaired) electrons. The lowest BCUT2D eigenvalue weighted by atomic mass is 9.42. The largest absolute Gasteiger partial charge is 0.461 e. The molecule has 14 heteroatoms. The van der Waals surface area contributed by atoms with E-state index in [2.05, 4.69) is 55.9 Å². The molecule has 13 nitrogen and oxygen atoms in total. The second-order valence-electron chi connectivity index (χ2n) is 20.2. The predicted octanol–water partition coefficient (Wildman–Crippen LogP) is 7.60. The van der Waals surface area contributed by atoms with Gasteiger partial charge in [0.15, 0.2) is 0 Å². The SMILES string of the molecule is CC(=O)CC[C@]12CC[C@@H](C)[C@](C)([C@@H]1C)[C@H](OC(=O)CSc1ccc(CC(=O)NCCCNC(=O)OC(C)(C)C)cc1)C[C@](C)(CNCCCNC(=O)OC(C)(C)C)[C@@H](O)[C@@H]2C. The predicted molar refractivity (Wildman–Crippen MR) is 240 cm³/mol. The van der Waals surface area contributed by atoms with Crippen LogP contribution in [-0.2, 0) is 35.0 Å². The number of esters is 1. The Kier molecular flexibility index (Phi) is 19.0. The summed E-state index contributed by atoms with van der Waals surface area (Å²) in [4.78, 5) is 63.8. The summed E-state index contributed by atoms with van der Waals surface area (Å²) in [6, 6.07) is 7.57. The highest BCUT2D eigenvalue weighted by Gasteiger charge is 2.63. The molecule has 0 heterocycles. The number of carbonyl (C=O) groups is 5. The highest BCUT2D eigenvalue weighted by molar-refractivity contribution is 8.00. The fraction of sp³-hybridized carbons (Fsp3) is 0.766. The van der Waals surface area contributed by atoms with Gasteiger partial charge in [-0.1, -0.05) is 46.8 Å². The third-order valence-electron chi connectivity index (χ3n) is 13.3.